The Balaban J connectivity index is 1.88. The molecule has 4 atom stereocenters. The Morgan fingerprint density at radius 3 is 1.78 bits per heavy atom. The molecule has 1 saturated heterocycles. The van der Waals surface area contributed by atoms with E-state index in [9.17, 15) is 14.7 Å². The molecule has 8 heteroatoms. The van der Waals surface area contributed by atoms with Crippen LogP contribution in [0.25, 0.3) is 0 Å². The first kappa shape index (κ1) is 33.8. The van der Waals surface area contributed by atoms with Crippen LogP contribution in [0.2, 0.25) is 0 Å². The van der Waals surface area contributed by atoms with Crippen molar-refractivity contribution in [2.75, 3.05) is 33.4 Å². The maximum atomic E-state index is 12.1. The second-order valence-corrected chi connectivity index (χ2v) is 10.4. The van der Waals surface area contributed by atoms with Crippen LogP contribution in [0.1, 0.15) is 117 Å². The number of aliphatic hydroxyl groups is 1. The predicted molar refractivity (Wildman–Crippen MR) is 148 cm³/mol. The van der Waals surface area contributed by atoms with E-state index in [1.807, 2.05) is 6.92 Å². The molecule has 0 aliphatic carbocycles. The third kappa shape index (κ3) is 16.4. The van der Waals surface area contributed by atoms with Gasteiger partial charge in [-0.25, -0.2) is 0 Å². The molecule has 0 aromatic carbocycles. The Morgan fingerprint density at radius 1 is 0.757 bits per heavy atom. The van der Waals surface area contributed by atoms with Crippen molar-refractivity contribution in [1.82, 2.24) is 10.6 Å². The fraction of sp³-hybridized carbons (Fsp3) is 0.931. The smallest absolute Gasteiger partial charge is 0.246 e. The number of unbranched alkanes of at least 4 members (excludes halogenated alkanes) is 13. The number of aliphatic hydroxyl groups excluding tert-OH is 1. The van der Waals surface area contributed by atoms with Gasteiger partial charge in [-0.2, -0.15) is 0 Å². The summed E-state index contributed by atoms with van der Waals surface area (Å²) >= 11 is 0. The van der Waals surface area contributed by atoms with E-state index in [0.29, 0.717) is 19.5 Å². The largest absolute Gasteiger partial charge is 0.394 e. The predicted octanol–water partition coefficient (Wildman–Crippen LogP) is 4.66. The lowest BCUT2D eigenvalue weighted by Crippen LogP contribution is -2.40. The summed E-state index contributed by atoms with van der Waals surface area (Å²) < 4.78 is 16.7. The molecule has 3 N–H and O–H groups in total. The number of nitrogens with one attached hydrogen (secondary N) is 2. The van der Waals surface area contributed by atoms with Gasteiger partial charge in [0, 0.05) is 26.6 Å². The van der Waals surface area contributed by atoms with Crippen molar-refractivity contribution in [3.63, 3.8) is 0 Å². The van der Waals surface area contributed by atoms with E-state index in [1.54, 1.807) is 7.11 Å². The summed E-state index contributed by atoms with van der Waals surface area (Å²) in [4.78, 5) is 24.0. The monoisotopic (exact) mass is 528 g/mol. The van der Waals surface area contributed by atoms with Crippen LogP contribution in [-0.4, -0.2) is 74.7 Å². The standard InChI is InChI=1S/C29H56N2O6/c1-4-5-6-7-8-9-10-11-12-13-14-15-16-19-26(33)30-20-17-18-21-31-27(34)23-36-28-24(2)37-25(22-32)29(28)35-3/h24-25,28-29,32H,4-23H2,1-3H3,(H,30,33)(H,31,34)/t24-,25+,28-,29+/m0/s1. The molecule has 0 aromatic heterocycles. The third-order valence-electron chi connectivity index (χ3n) is 7.16. The molecule has 0 bridgehead atoms. The van der Waals surface area contributed by atoms with Crippen molar-refractivity contribution in [2.45, 2.75) is 141 Å². The van der Waals surface area contributed by atoms with Gasteiger partial charge in [0.25, 0.3) is 0 Å². The highest BCUT2D eigenvalue weighted by molar-refractivity contribution is 5.77. The van der Waals surface area contributed by atoms with Crippen molar-refractivity contribution in [1.29, 1.82) is 0 Å². The molecule has 218 valence electrons. The lowest BCUT2D eigenvalue weighted by atomic mass is 10.0. The topological polar surface area (TPSA) is 106 Å². The average molecular weight is 529 g/mol. The van der Waals surface area contributed by atoms with Crippen molar-refractivity contribution in [3.05, 3.63) is 0 Å². The quantitative estimate of drug-likeness (QED) is 0.157. The zero-order chi connectivity index (χ0) is 27.1. The lowest BCUT2D eigenvalue weighted by Gasteiger charge is -2.21. The summed E-state index contributed by atoms with van der Waals surface area (Å²) in [6.45, 7) is 5.06. The molecular formula is C29H56N2O6. The highest BCUT2D eigenvalue weighted by Crippen LogP contribution is 2.25. The molecule has 0 aromatic rings. The SMILES string of the molecule is CCCCCCCCCCCCCCCC(=O)NCCCCNC(=O)CO[C@@H]1[C@H](OC)[C@@H](CO)O[C@H]1C. The second kappa shape index (κ2) is 22.7. The van der Waals surface area contributed by atoms with Crippen LogP contribution in [0.3, 0.4) is 0 Å². The zero-order valence-electron chi connectivity index (χ0n) is 23.9. The fourth-order valence-corrected chi connectivity index (χ4v) is 4.89. The van der Waals surface area contributed by atoms with E-state index in [-0.39, 0.29) is 31.1 Å². The van der Waals surface area contributed by atoms with Crippen LogP contribution in [0.5, 0.6) is 0 Å². The van der Waals surface area contributed by atoms with Gasteiger partial charge >= 0.3 is 0 Å². The minimum Gasteiger partial charge on any atom is -0.394 e. The van der Waals surface area contributed by atoms with Crippen LogP contribution >= 0.6 is 0 Å². The van der Waals surface area contributed by atoms with E-state index >= 15 is 0 Å². The van der Waals surface area contributed by atoms with Crippen LogP contribution in [0.4, 0.5) is 0 Å². The summed E-state index contributed by atoms with van der Waals surface area (Å²) in [5.74, 6) is -0.0664. The number of hydrogen-bond acceptors (Lipinski definition) is 6. The van der Waals surface area contributed by atoms with E-state index in [0.717, 1.165) is 25.7 Å². The van der Waals surface area contributed by atoms with E-state index in [2.05, 4.69) is 17.6 Å². The van der Waals surface area contributed by atoms with Crippen molar-refractivity contribution in [3.8, 4) is 0 Å². The van der Waals surface area contributed by atoms with Gasteiger partial charge in [-0.3, -0.25) is 9.59 Å². The highest BCUT2D eigenvalue weighted by atomic mass is 16.6. The number of rotatable bonds is 24. The molecule has 37 heavy (non-hydrogen) atoms. The van der Waals surface area contributed by atoms with Crippen LogP contribution < -0.4 is 10.6 Å². The Bertz CT molecular complexity index is 577. The van der Waals surface area contributed by atoms with Crippen LogP contribution in [0.15, 0.2) is 0 Å². The molecule has 1 heterocycles. The van der Waals surface area contributed by atoms with Gasteiger partial charge in [0.2, 0.25) is 11.8 Å². The first-order valence-corrected chi connectivity index (χ1v) is 15.0. The zero-order valence-corrected chi connectivity index (χ0v) is 23.9. The van der Waals surface area contributed by atoms with Crippen molar-refractivity contribution >= 4 is 11.8 Å². The lowest BCUT2D eigenvalue weighted by molar-refractivity contribution is -0.131. The van der Waals surface area contributed by atoms with Gasteiger partial charge in [-0.05, 0) is 26.2 Å². The molecule has 1 rings (SSSR count). The number of methoxy groups -OCH3 is 1. The summed E-state index contributed by atoms with van der Waals surface area (Å²) in [5, 5.41) is 15.2. The minimum absolute atomic E-state index is 0.0771. The van der Waals surface area contributed by atoms with Crippen LogP contribution in [0, 0.1) is 0 Å². The molecule has 0 radical (unpaired) electrons. The first-order valence-electron chi connectivity index (χ1n) is 15.0. The summed E-state index contributed by atoms with van der Waals surface area (Å²) in [6.07, 6.45) is 17.7. The number of ether oxygens (including phenoxy) is 3. The normalized spacial score (nSPS) is 21.3. The molecule has 1 aliphatic heterocycles. The Hall–Kier alpha value is -1.22. The second-order valence-electron chi connectivity index (χ2n) is 10.4. The summed E-state index contributed by atoms with van der Waals surface area (Å²) in [6, 6.07) is 0. The van der Waals surface area contributed by atoms with E-state index in [1.165, 1.54) is 70.6 Å². The average Bonchev–Trinajstić information content (AvgIpc) is 3.21. The van der Waals surface area contributed by atoms with E-state index < -0.39 is 18.3 Å². The maximum Gasteiger partial charge on any atom is 0.246 e. The Kier molecular flexibility index (Phi) is 20.8. The number of carbonyl (C=O) groups excluding carboxylic acids is 2. The summed E-state index contributed by atoms with van der Waals surface area (Å²) in [7, 11) is 1.54. The molecule has 0 saturated carbocycles. The van der Waals surface area contributed by atoms with Gasteiger partial charge in [-0.15, -0.1) is 0 Å². The van der Waals surface area contributed by atoms with Gasteiger partial charge < -0.3 is 30.0 Å². The Morgan fingerprint density at radius 2 is 1.27 bits per heavy atom. The molecule has 0 spiro atoms. The molecule has 1 aliphatic rings. The maximum absolute atomic E-state index is 12.1. The van der Waals surface area contributed by atoms with Gasteiger partial charge in [0.1, 0.15) is 24.9 Å². The molecule has 1 fully saturated rings. The fourth-order valence-electron chi connectivity index (χ4n) is 4.89. The Labute approximate surface area is 226 Å². The van der Waals surface area contributed by atoms with Crippen molar-refractivity contribution in [2.24, 2.45) is 0 Å². The van der Waals surface area contributed by atoms with Crippen molar-refractivity contribution < 1.29 is 28.9 Å². The highest BCUT2D eigenvalue weighted by Gasteiger charge is 2.43. The molecule has 0 unspecified atom stereocenters. The van der Waals surface area contributed by atoms with Gasteiger partial charge in [-0.1, -0.05) is 84.0 Å². The van der Waals surface area contributed by atoms with Crippen LogP contribution in [-0.2, 0) is 23.8 Å². The summed E-state index contributed by atoms with van der Waals surface area (Å²) in [5.41, 5.74) is 0. The number of carbonyl (C=O) groups is 2. The molecule has 2 amide bonds. The van der Waals surface area contributed by atoms with E-state index in [4.69, 9.17) is 14.2 Å². The molecule has 8 nitrogen and oxygen atoms in total. The van der Waals surface area contributed by atoms with Gasteiger partial charge in [0.05, 0.1) is 12.7 Å². The van der Waals surface area contributed by atoms with Gasteiger partial charge in [0.15, 0.2) is 0 Å². The molecular weight excluding hydrogens is 472 g/mol. The first-order chi connectivity index (χ1) is 18.0. The number of hydrogen-bond donors (Lipinski definition) is 3. The number of amides is 2. The minimum atomic E-state index is -0.437. The third-order valence-corrected chi connectivity index (χ3v) is 7.16.